The number of methoxy groups -OCH3 is 1. The first kappa shape index (κ1) is 12.0. The van der Waals surface area contributed by atoms with Crippen molar-refractivity contribution in [2.24, 2.45) is 0 Å². The number of carbonyl (C=O) groups is 1. The highest BCUT2D eigenvalue weighted by Crippen LogP contribution is 2.30. The second kappa shape index (κ2) is 5.11. The Balaban J connectivity index is 3.24. The van der Waals surface area contributed by atoms with Crippen molar-refractivity contribution in [1.29, 1.82) is 0 Å². The van der Waals surface area contributed by atoms with E-state index in [1.54, 1.807) is 6.92 Å². The number of para-hydroxylation sites is 1. The van der Waals surface area contributed by atoms with Gasteiger partial charge in [-0.3, -0.25) is 10.1 Å². The Morgan fingerprint density at radius 3 is 2.69 bits per heavy atom. The summed E-state index contributed by atoms with van der Waals surface area (Å²) in [6, 6.07) is 4.10. The zero-order chi connectivity index (χ0) is 12.1. The van der Waals surface area contributed by atoms with E-state index in [1.807, 2.05) is 0 Å². The quantitative estimate of drug-likeness (QED) is 0.443. The predicted molar refractivity (Wildman–Crippen MR) is 55.6 cm³/mol. The van der Waals surface area contributed by atoms with Gasteiger partial charge in [0.1, 0.15) is 5.56 Å². The monoisotopic (exact) mass is 225 g/mol. The number of nitro benzene ring substituents is 1. The van der Waals surface area contributed by atoms with Crippen molar-refractivity contribution in [3.63, 3.8) is 0 Å². The van der Waals surface area contributed by atoms with Crippen LogP contribution in [0.15, 0.2) is 18.2 Å². The summed E-state index contributed by atoms with van der Waals surface area (Å²) in [4.78, 5) is 21.6. The van der Waals surface area contributed by atoms with Crippen LogP contribution in [0.4, 0.5) is 5.69 Å². The molecule has 0 aromatic heterocycles. The zero-order valence-corrected chi connectivity index (χ0v) is 8.93. The van der Waals surface area contributed by atoms with Gasteiger partial charge in [0.25, 0.3) is 0 Å². The summed E-state index contributed by atoms with van der Waals surface area (Å²) in [5.41, 5.74) is -0.202. The molecule has 86 valence electrons. The van der Waals surface area contributed by atoms with Crippen LogP contribution in [0.1, 0.15) is 17.3 Å². The Labute approximate surface area is 91.9 Å². The Morgan fingerprint density at radius 2 is 2.19 bits per heavy atom. The number of hydrogen-bond donors (Lipinski definition) is 0. The molecule has 0 spiro atoms. The van der Waals surface area contributed by atoms with Gasteiger partial charge in [0.15, 0.2) is 0 Å². The Kier molecular flexibility index (Phi) is 3.82. The van der Waals surface area contributed by atoms with Gasteiger partial charge in [0.2, 0.25) is 5.75 Å². The fourth-order valence-electron chi connectivity index (χ4n) is 1.25. The van der Waals surface area contributed by atoms with Crippen molar-refractivity contribution in [2.75, 3.05) is 13.7 Å². The first-order valence-corrected chi connectivity index (χ1v) is 4.60. The number of benzene rings is 1. The number of nitrogens with zero attached hydrogens (tertiary/aromatic N) is 1. The Hall–Kier alpha value is -2.11. The van der Waals surface area contributed by atoms with Crippen LogP contribution in [0.25, 0.3) is 0 Å². The van der Waals surface area contributed by atoms with E-state index in [2.05, 4.69) is 0 Å². The number of ether oxygens (including phenoxy) is 2. The summed E-state index contributed by atoms with van der Waals surface area (Å²) in [5, 5.41) is 10.7. The predicted octanol–water partition coefficient (Wildman–Crippen LogP) is 1.78. The molecule has 0 amide bonds. The summed E-state index contributed by atoms with van der Waals surface area (Å²) in [6.07, 6.45) is 0. The number of rotatable bonds is 4. The van der Waals surface area contributed by atoms with E-state index in [-0.39, 0.29) is 23.6 Å². The molecule has 0 aliphatic heterocycles. The zero-order valence-electron chi connectivity index (χ0n) is 8.93. The molecule has 0 saturated carbocycles. The van der Waals surface area contributed by atoms with Gasteiger partial charge in [0.05, 0.1) is 18.6 Å². The van der Waals surface area contributed by atoms with Gasteiger partial charge < -0.3 is 9.47 Å². The van der Waals surface area contributed by atoms with Gasteiger partial charge in [-0.25, -0.2) is 4.79 Å². The third-order valence-corrected chi connectivity index (χ3v) is 1.89. The molecule has 1 aromatic rings. The maximum absolute atomic E-state index is 11.5. The minimum atomic E-state index is -0.636. The largest absolute Gasteiger partial charge is 0.490 e. The molecule has 0 unspecified atom stereocenters. The van der Waals surface area contributed by atoms with Crippen LogP contribution in [0.3, 0.4) is 0 Å². The molecule has 0 saturated heterocycles. The van der Waals surface area contributed by atoms with E-state index in [4.69, 9.17) is 9.47 Å². The van der Waals surface area contributed by atoms with E-state index in [1.165, 1.54) is 25.3 Å². The summed E-state index contributed by atoms with van der Waals surface area (Å²) < 4.78 is 9.63. The van der Waals surface area contributed by atoms with Crippen LogP contribution >= 0.6 is 0 Å². The van der Waals surface area contributed by atoms with Gasteiger partial charge in [-0.1, -0.05) is 6.07 Å². The van der Waals surface area contributed by atoms with E-state index >= 15 is 0 Å². The molecule has 0 aliphatic rings. The van der Waals surface area contributed by atoms with Crippen molar-refractivity contribution >= 4 is 11.7 Å². The van der Waals surface area contributed by atoms with Gasteiger partial charge in [-0.15, -0.1) is 0 Å². The smallest absolute Gasteiger partial charge is 0.342 e. The maximum atomic E-state index is 11.5. The van der Waals surface area contributed by atoms with Crippen molar-refractivity contribution in [3.8, 4) is 5.75 Å². The van der Waals surface area contributed by atoms with Crippen LogP contribution in [0, 0.1) is 10.1 Å². The molecule has 16 heavy (non-hydrogen) atoms. The number of hydrogen-bond acceptors (Lipinski definition) is 5. The SMILES string of the molecule is CCOC(=O)c1cccc([N+](=O)[O-])c1OC. The third-order valence-electron chi connectivity index (χ3n) is 1.89. The van der Waals surface area contributed by atoms with Crippen LogP contribution in [0.5, 0.6) is 5.75 Å². The molecule has 1 rings (SSSR count). The summed E-state index contributed by atoms with van der Waals surface area (Å²) in [5.74, 6) is -0.714. The normalized spacial score (nSPS) is 9.62. The molecule has 0 N–H and O–H groups in total. The lowest BCUT2D eigenvalue weighted by Crippen LogP contribution is -2.08. The number of esters is 1. The first-order chi connectivity index (χ1) is 7.61. The fourth-order valence-corrected chi connectivity index (χ4v) is 1.25. The lowest BCUT2D eigenvalue weighted by molar-refractivity contribution is -0.385. The molecule has 0 atom stereocenters. The lowest BCUT2D eigenvalue weighted by atomic mass is 10.1. The lowest BCUT2D eigenvalue weighted by Gasteiger charge is -2.07. The minimum absolute atomic E-state index is 0.0542. The second-order valence-corrected chi connectivity index (χ2v) is 2.84. The van der Waals surface area contributed by atoms with Crippen molar-refractivity contribution in [3.05, 3.63) is 33.9 Å². The Morgan fingerprint density at radius 1 is 1.50 bits per heavy atom. The maximum Gasteiger partial charge on any atom is 0.342 e. The summed E-state index contributed by atoms with van der Waals surface area (Å²) in [7, 11) is 1.27. The minimum Gasteiger partial charge on any atom is -0.490 e. The second-order valence-electron chi connectivity index (χ2n) is 2.84. The fraction of sp³-hybridized carbons (Fsp3) is 0.300. The van der Waals surface area contributed by atoms with E-state index in [9.17, 15) is 14.9 Å². The van der Waals surface area contributed by atoms with Gasteiger partial charge in [0, 0.05) is 6.07 Å². The van der Waals surface area contributed by atoms with Crippen molar-refractivity contribution < 1.29 is 19.2 Å². The Bertz CT molecular complexity index is 416. The molecule has 0 bridgehead atoms. The van der Waals surface area contributed by atoms with Crippen molar-refractivity contribution in [2.45, 2.75) is 6.92 Å². The molecule has 0 fully saturated rings. The standard InChI is InChI=1S/C10H11NO5/c1-3-16-10(12)7-5-4-6-8(11(13)14)9(7)15-2/h4-6H,3H2,1-2H3. The van der Waals surface area contributed by atoms with E-state index in [0.29, 0.717) is 0 Å². The third kappa shape index (κ3) is 2.28. The molecule has 0 aliphatic carbocycles. The van der Waals surface area contributed by atoms with Gasteiger partial charge >= 0.3 is 11.7 Å². The average molecular weight is 225 g/mol. The van der Waals surface area contributed by atoms with Gasteiger partial charge in [-0.2, -0.15) is 0 Å². The molecule has 0 radical (unpaired) electrons. The first-order valence-electron chi connectivity index (χ1n) is 4.60. The molecule has 6 heteroatoms. The highest BCUT2D eigenvalue weighted by molar-refractivity contribution is 5.94. The average Bonchev–Trinajstić information content (AvgIpc) is 2.28. The van der Waals surface area contributed by atoms with Crippen LogP contribution in [-0.2, 0) is 4.74 Å². The number of carbonyl (C=O) groups excluding carboxylic acids is 1. The summed E-state index contributed by atoms with van der Waals surface area (Å²) >= 11 is 0. The van der Waals surface area contributed by atoms with Crippen LogP contribution in [-0.4, -0.2) is 24.6 Å². The highest BCUT2D eigenvalue weighted by atomic mass is 16.6. The highest BCUT2D eigenvalue weighted by Gasteiger charge is 2.22. The summed E-state index contributed by atoms with van der Waals surface area (Å²) in [6.45, 7) is 1.85. The van der Waals surface area contributed by atoms with Crippen LogP contribution < -0.4 is 4.74 Å². The van der Waals surface area contributed by atoms with E-state index < -0.39 is 10.9 Å². The molecule has 6 nitrogen and oxygen atoms in total. The van der Waals surface area contributed by atoms with E-state index in [0.717, 1.165) is 0 Å². The van der Waals surface area contributed by atoms with Crippen LogP contribution in [0.2, 0.25) is 0 Å². The molecule has 0 heterocycles. The van der Waals surface area contributed by atoms with Gasteiger partial charge in [-0.05, 0) is 13.0 Å². The molecule has 1 aromatic carbocycles. The number of nitro groups is 1. The topological polar surface area (TPSA) is 78.7 Å². The molecular weight excluding hydrogens is 214 g/mol. The molecular formula is C10H11NO5. The van der Waals surface area contributed by atoms with Crippen molar-refractivity contribution in [1.82, 2.24) is 0 Å².